The zero-order chi connectivity index (χ0) is 14.0. The summed E-state index contributed by atoms with van der Waals surface area (Å²) >= 11 is 0. The number of nitrogens with zero attached hydrogens (tertiary/aromatic N) is 2. The van der Waals surface area contributed by atoms with E-state index in [9.17, 15) is 13.2 Å². The quantitative estimate of drug-likeness (QED) is 0.747. The van der Waals surface area contributed by atoms with Crippen molar-refractivity contribution in [2.75, 3.05) is 32.4 Å². The Balaban J connectivity index is 1.80. The molecule has 19 heavy (non-hydrogen) atoms. The fraction of sp³-hybridized carbons (Fsp3) is 0.917. The summed E-state index contributed by atoms with van der Waals surface area (Å²) in [7, 11) is -1.36. The molecule has 0 spiro atoms. The molecule has 2 rings (SSSR count). The number of nitrogens with two attached hydrogens (primary N) is 1. The van der Waals surface area contributed by atoms with Crippen LogP contribution < -0.4 is 5.14 Å². The number of carbonyl (C=O) groups is 1. The molecule has 7 heteroatoms. The molecule has 2 unspecified atom stereocenters. The molecule has 2 saturated heterocycles. The number of sulfonamides is 1. The van der Waals surface area contributed by atoms with Gasteiger partial charge in [0.2, 0.25) is 15.9 Å². The van der Waals surface area contributed by atoms with Gasteiger partial charge in [-0.05, 0) is 32.9 Å². The number of primary sulfonamides is 1. The van der Waals surface area contributed by atoms with Gasteiger partial charge in [-0.15, -0.1) is 0 Å². The summed E-state index contributed by atoms with van der Waals surface area (Å²) in [5.41, 5.74) is 0. The second-order valence-electron chi connectivity index (χ2n) is 5.80. The standard InChI is InChI=1S/C12H23N3O3S/c1-14-5-2-3-11(14)4-6-15-8-10(7-12(15)16)9-19(13,17)18/h10-11H,2-9H2,1H3,(H2,13,17,18). The Morgan fingerprint density at radius 3 is 2.74 bits per heavy atom. The maximum Gasteiger partial charge on any atom is 0.222 e. The lowest BCUT2D eigenvalue weighted by molar-refractivity contribution is -0.127. The van der Waals surface area contributed by atoms with Gasteiger partial charge in [0.05, 0.1) is 5.75 Å². The summed E-state index contributed by atoms with van der Waals surface area (Å²) in [4.78, 5) is 16.0. The van der Waals surface area contributed by atoms with Gasteiger partial charge in [0.15, 0.2) is 0 Å². The Morgan fingerprint density at radius 1 is 1.42 bits per heavy atom. The Labute approximate surface area is 115 Å². The average Bonchev–Trinajstić information content (AvgIpc) is 2.80. The Bertz CT molecular complexity index is 438. The third-order valence-electron chi connectivity index (χ3n) is 4.17. The minimum Gasteiger partial charge on any atom is -0.342 e. The lowest BCUT2D eigenvalue weighted by Crippen LogP contribution is -2.33. The predicted molar refractivity (Wildman–Crippen MR) is 72.9 cm³/mol. The van der Waals surface area contributed by atoms with Crippen molar-refractivity contribution in [1.29, 1.82) is 0 Å². The van der Waals surface area contributed by atoms with Crippen LogP contribution in [0, 0.1) is 5.92 Å². The third kappa shape index (κ3) is 4.15. The van der Waals surface area contributed by atoms with Crippen LogP contribution in [0.1, 0.15) is 25.7 Å². The van der Waals surface area contributed by atoms with Crippen LogP contribution in [-0.2, 0) is 14.8 Å². The van der Waals surface area contributed by atoms with Crippen LogP contribution in [0.15, 0.2) is 0 Å². The molecule has 2 aliphatic rings. The summed E-state index contributed by atoms with van der Waals surface area (Å²) in [6, 6.07) is 0.560. The van der Waals surface area contributed by atoms with E-state index in [1.165, 1.54) is 12.8 Å². The molecule has 2 heterocycles. The van der Waals surface area contributed by atoms with Crippen molar-refractivity contribution in [3.8, 4) is 0 Å². The van der Waals surface area contributed by atoms with Crippen molar-refractivity contribution in [2.24, 2.45) is 11.1 Å². The first-order chi connectivity index (χ1) is 8.85. The molecule has 0 aromatic heterocycles. The molecule has 2 fully saturated rings. The van der Waals surface area contributed by atoms with Crippen molar-refractivity contribution in [3.63, 3.8) is 0 Å². The van der Waals surface area contributed by atoms with Gasteiger partial charge in [0.1, 0.15) is 0 Å². The molecule has 0 aromatic carbocycles. The van der Waals surface area contributed by atoms with Crippen molar-refractivity contribution >= 4 is 15.9 Å². The molecule has 0 bridgehead atoms. The molecule has 0 saturated carbocycles. The maximum absolute atomic E-state index is 11.8. The van der Waals surface area contributed by atoms with Gasteiger partial charge in [-0.3, -0.25) is 4.79 Å². The number of likely N-dealkylation sites (tertiary alicyclic amines) is 2. The Hall–Kier alpha value is -0.660. The van der Waals surface area contributed by atoms with Gasteiger partial charge in [-0.1, -0.05) is 0 Å². The third-order valence-corrected chi connectivity index (χ3v) is 5.10. The predicted octanol–water partition coefficient (Wildman–Crippen LogP) is -0.392. The highest BCUT2D eigenvalue weighted by Gasteiger charge is 2.32. The minimum absolute atomic E-state index is 0.0642. The monoisotopic (exact) mass is 289 g/mol. The second kappa shape index (κ2) is 5.76. The summed E-state index contributed by atoms with van der Waals surface area (Å²) in [6.07, 6.45) is 3.71. The number of carbonyl (C=O) groups excluding carboxylic acids is 1. The van der Waals surface area contributed by atoms with E-state index in [0.29, 0.717) is 19.0 Å². The molecule has 2 N–H and O–H groups in total. The molecule has 2 atom stereocenters. The van der Waals surface area contributed by atoms with E-state index in [2.05, 4.69) is 11.9 Å². The average molecular weight is 289 g/mol. The largest absolute Gasteiger partial charge is 0.342 e. The van der Waals surface area contributed by atoms with Gasteiger partial charge < -0.3 is 9.80 Å². The highest BCUT2D eigenvalue weighted by molar-refractivity contribution is 7.89. The zero-order valence-corrected chi connectivity index (χ0v) is 12.2. The van der Waals surface area contributed by atoms with Gasteiger partial charge in [-0.25, -0.2) is 13.6 Å². The number of amides is 1. The smallest absolute Gasteiger partial charge is 0.222 e. The van der Waals surface area contributed by atoms with Crippen LogP contribution in [0.4, 0.5) is 0 Å². The molecular formula is C12H23N3O3S. The molecule has 0 aliphatic carbocycles. The van der Waals surface area contributed by atoms with Crippen LogP contribution in [-0.4, -0.2) is 62.6 Å². The van der Waals surface area contributed by atoms with E-state index >= 15 is 0 Å². The molecule has 0 radical (unpaired) electrons. The summed E-state index contributed by atoms with van der Waals surface area (Å²) in [5.74, 6) is -0.156. The Morgan fingerprint density at radius 2 is 2.16 bits per heavy atom. The molecule has 2 aliphatic heterocycles. The van der Waals surface area contributed by atoms with Crippen molar-refractivity contribution in [2.45, 2.75) is 31.7 Å². The van der Waals surface area contributed by atoms with Gasteiger partial charge in [0, 0.05) is 31.5 Å². The topological polar surface area (TPSA) is 83.7 Å². The van der Waals surface area contributed by atoms with Gasteiger partial charge in [-0.2, -0.15) is 0 Å². The van der Waals surface area contributed by atoms with E-state index in [4.69, 9.17) is 5.14 Å². The highest BCUT2D eigenvalue weighted by Crippen LogP contribution is 2.22. The highest BCUT2D eigenvalue weighted by atomic mass is 32.2. The molecular weight excluding hydrogens is 266 g/mol. The SMILES string of the molecule is CN1CCCC1CCN1CC(CS(N)(=O)=O)CC1=O. The lowest BCUT2D eigenvalue weighted by atomic mass is 10.1. The summed E-state index contributed by atoms with van der Waals surface area (Å²) in [6.45, 7) is 2.40. The van der Waals surface area contributed by atoms with Crippen LogP contribution in [0.3, 0.4) is 0 Å². The molecule has 6 nitrogen and oxygen atoms in total. The van der Waals surface area contributed by atoms with Crippen molar-refractivity contribution < 1.29 is 13.2 Å². The fourth-order valence-electron chi connectivity index (χ4n) is 3.16. The van der Waals surface area contributed by atoms with Crippen LogP contribution in [0.5, 0.6) is 0 Å². The van der Waals surface area contributed by atoms with E-state index in [-0.39, 0.29) is 17.6 Å². The van der Waals surface area contributed by atoms with Crippen molar-refractivity contribution in [3.05, 3.63) is 0 Å². The first-order valence-electron chi connectivity index (χ1n) is 6.83. The first-order valence-corrected chi connectivity index (χ1v) is 8.55. The molecule has 0 aromatic rings. The van der Waals surface area contributed by atoms with Gasteiger partial charge >= 0.3 is 0 Å². The zero-order valence-electron chi connectivity index (χ0n) is 11.4. The maximum atomic E-state index is 11.8. The van der Waals surface area contributed by atoms with E-state index < -0.39 is 10.0 Å². The lowest BCUT2D eigenvalue weighted by Gasteiger charge is -2.23. The summed E-state index contributed by atoms with van der Waals surface area (Å²) < 4.78 is 22.1. The molecule has 110 valence electrons. The van der Waals surface area contributed by atoms with Crippen molar-refractivity contribution in [1.82, 2.24) is 9.80 Å². The van der Waals surface area contributed by atoms with E-state index in [0.717, 1.165) is 19.5 Å². The van der Waals surface area contributed by atoms with Crippen LogP contribution >= 0.6 is 0 Å². The number of hydrogen-bond acceptors (Lipinski definition) is 4. The van der Waals surface area contributed by atoms with E-state index in [1.54, 1.807) is 4.90 Å². The van der Waals surface area contributed by atoms with E-state index in [1.807, 2.05) is 0 Å². The summed E-state index contributed by atoms with van der Waals surface area (Å²) in [5, 5.41) is 5.03. The molecule has 1 amide bonds. The normalized spacial score (nSPS) is 29.4. The number of hydrogen-bond donors (Lipinski definition) is 1. The number of rotatable bonds is 5. The second-order valence-corrected chi connectivity index (χ2v) is 7.46. The first kappa shape index (κ1) is 14.7. The van der Waals surface area contributed by atoms with Crippen LogP contribution in [0.2, 0.25) is 0 Å². The minimum atomic E-state index is -3.48. The Kier molecular flexibility index (Phi) is 4.47. The van der Waals surface area contributed by atoms with Gasteiger partial charge in [0.25, 0.3) is 0 Å². The van der Waals surface area contributed by atoms with Crippen LogP contribution in [0.25, 0.3) is 0 Å². The fourth-order valence-corrected chi connectivity index (χ4v) is 4.04.